The summed E-state index contributed by atoms with van der Waals surface area (Å²) in [6.45, 7) is 0.591. The minimum Gasteiger partial charge on any atom is -0.395 e. The van der Waals surface area contributed by atoms with Gasteiger partial charge in [0.15, 0.2) is 0 Å². The largest absolute Gasteiger partial charge is 0.395 e. The Bertz CT molecular complexity index is 539. The van der Waals surface area contributed by atoms with E-state index in [0.717, 1.165) is 5.56 Å². The highest BCUT2D eigenvalue weighted by Crippen LogP contribution is 2.09. The second-order valence-electron chi connectivity index (χ2n) is 4.14. The number of aromatic amines is 1. The molecular weight excluding hydrogens is 244 g/mol. The smallest absolute Gasteiger partial charge is 0.272 e. The van der Waals surface area contributed by atoms with Crippen molar-refractivity contribution < 1.29 is 9.90 Å². The summed E-state index contributed by atoms with van der Waals surface area (Å²) in [5.41, 5.74) is 6.80. The number of carbonyl (C=O) groups excluding carboxylic acids is 1. The van der Waals surface area contributed by atoms with E-state index in [1.165, 1.54) is 6.07 Å². The zero-order valence-corrected chi connectivity index (χ0v) is 10.4. The number of benzene rings is 1. The van der Waals surface area contributed by atoms with E-state index < -0.39 is 0 Å². The van der Waals surface area contributed by atoms with E-state index in [4.69, 9.17) is 10.8 Å². The first-order valence-electron chi connectivity index (χ1n) is 5.95. The van der Waals surface area contributed by atoms with Crippen LogP contribution in [0.5, 0.6) is 0 Å². The second-order valence-corrected chi connectivity index (χ2v) is 4.14. The third kappa shape index (κ3) is 3.32. The molecule has 0 unspecified atom stereocenters. The Morgan fingerprint density at radius 2 is 2.11 bits per heavy atom. The Labute approximate surface area is 110 Å². The predicted octanol–water partition coefficient (Wildman–Crippen LogP) is 0.627. The first-order valence-corrected chi connectivity index (χ1v) is 5.95. The molecule has 0 atom stereocenters. The number of rotatable bonds is 5. The van der Waals surface area contributed by atoms with Crippen LogP contribution in [0.4, 0.5) is 5.82 Å². The van der Waals surface area contributed by atoms with Crippen molar-refractivity contribution in [1.29, 1.82) is 0 Å². The average Bonchev–Trinajstić information content (AvgIpc) is 2.85. The van der Waals surface area contributed by atoms with Gasteiger partial charge < -0.3 is 15.7 Å². The van der Waals surface area contributed by atoms with Crippen LogP contribution in [0.15, 0.2) is 36.4 Å². The van der Waals surface area contributed by atoms with E-state index in [1.807, 2.05) is 30.3 Å². The normalized spacial score (nSPS) is 10.4. The Hall–Kier alpha value is -2.34. The molecule has 1 aromatic heterocycles. The molecule has 1 aromatic carbocycles. The van der Waals surface area contributed by atoms with Gasteiger partial charge in [0.05, 0.1) is 6.61 Å². The van der Waals surface area contributed by atoms with Gasteiger partial charge in [0, 0.05) is 19.2 Å². The van der Waals surface area contributed by atoms with Crippen LogP contribution in [-0.4, -0.2) is 39.3 Å². The van der Waals surface area contributed by atoms with E-state index in [1.54, 1.807) is 4.90 Å². The number of nitrogen functional groups attached to an aromatic ring is 1. The molecular formula is C13H16N4O2. The number of hydrogen-bond donors (Lipinski definition) is 3. The molecule has 6 heteroatoms. The molecule has 1 amide bonds. The van der Waals surface area contributed by atoms with Gasteiger partial charge >= 0.3 is 0 Å². The summed E-state index contributed by atoms with van der Waals surface area (Å²) < 4.78 is 0. The van der Waals surface area contributed by atoms with Gasteiger partial charge in [-0.2, -0.15) is 5.10 Å². The van der Waals surface area contributed by atoms with Crippen molar-refractivity contribution in [2.45, 2.75) is 6.54 Å². The minimum atomic E-state index is -0.234. The highest BCUT2D eigenvalue weighted by molar-refractivity contribution is 5.92. The number of amides is 1. The van der Waals surface area contributed by atoms with Crippen LogP contribution in [0, 0.1) is 0 Å². The van der Waals surface area contributed by atoms with Gasteiger partial charge in [0.25, 0.3) is 5.91 Å². The van der Waals surface area contributed by atoms with Crippen LogP contribution in [0.2, 0.25) is 0 Å². The maximum atomic E-state index is 12.2. The summed E-state index contributed by atoms with van der Waals surface area (Å²) >= 11 is 0. The fourth-order valence-corrected chi connectivity index (χ4v) is 1.79. The van der Waals surface area contributed by atoms with Gasteiger partial charge in [0.1, 0.15) is 11.5 Å². The Morgan fingerprint density at radius 3 is 2.68 bits per heavy atom. The number of carbonyl (C=O) groups is 1. The van der Waals surface area contributed by atoms with Gasteiger partial charge in [-0.05, 0) is 5.56 Å². The maximum absolute atomic E-state index is 12.2. The standard InChI is InChI=1S/C13H16N4O2/c14-12-8-11(15-16-12)13(19)17(6-7-18)9-10-4-2-1-3-5-10/h1-5,8,18H,6-7,9H2,(H3,14,15,16). The van der Waals surface area contributed by atoms with Gasteiger partial charge in [-0.3, -0.25) is 9.89 Å². The summed E-state index contributed by atoms with van der Waals surface area (Å²) in [4.78, 5) is 13.8. The van der Waals surface area contributed by atoms with Crippen molar-refractivity contribution in [3.63, 3.8) is 0 Å². The monoisotopic (exact) mass is 260 g/mol. The molecule has 19 heavy (non-hydrogen) atoms. The number of hydrogen-bond acceptors (Lipinski definition) is 4. The number of nitrogens with two attached hydrogens (primary N) is 1. The Kier molecular flexibility index (Phi) is 4.15. The molecule has 0 bridgehead atoms. The van der Waals surface area contributed by atoms with E-state index >= 15 is 0 Å². The molecule has 4 N–H and O–H groups in total. The number of nitrogens with one attached hydrogen (secondary N) is 1. The van der Waals surface area contributed by atoms with Crippen LogP contribution in [-0.2, 0) is 6.54 Å². The van der Waals surface area contributed by atoms with Crippen molar-refractivity contribution in [2.24, 2.45) is 0 Å². The van der Waals surface area contributed by atoms with Crippen molar-refractivity contribution in [3.8, 4) is 0 Å². The fraction of sp³-hybridized carbons (Fsp3) is 0.231. The lowest BCUT2D eigenvalue weighted by Gasteiger charge is -2.21. The van der Waals surface area contributed by atoms with Crippen LogP contribution in [0.25, 0.3) is 0 Å². The molecule has 0 fully saturated rings. The molecule has 0 saturated carbocycles. The molecule has 0 saturated heterocycles. The molecule has 100 valence electrons. The molecule has 6 nitrogen and oxygen atoms in total. The summed E-state index contributed by atoms with van der Waals surface area (Å²) in [6, 6.07) is 11.1. The average molecular weight is 260 g/mol. The van der Waals surface area contributed by atoms with Gasteiger partial charge in [-0.15, -0.1) is 0 Å². The summed E-state index contributed by atoms with van der Waals surface area (Å²) in [7, 11) is 0. The predicted molar refractivity (Wildman–Crippen MR) is 71.3 cm³/mol. The van der Waals surface area contributed by atoms with Crippen LogP contribution < -0.4 is 5.73 Å². The second kappa shape index (κ2) is 6.01. The molecule has 0 spiro atoms. The fourth-order valence-electron chi connectivity index (χ4n) is 1.79. The van der Waals surface area contributed by atoms with E-state index in [9.17, 15) is 4.79 Å². The molecule has 2 rings (SSSR count). The van der Waals surface area contributed by atoms with Gasteiger partial charge in [-0.25, -0.2) is 0 Å². The minimum absolute atomic E-state index is 0.0950. The Morgan fingerprint density at radius 1 is 1.37 bits per heavy atom. The van der Waals surface area contributed by atoms with Crippen LogP contribution >= 0.6 is 0 Å². The molecule has 0 aliphatic rings. The molecule has 0 aliphatic heterocycles. The molecule has 0 aliphatic carbocycles. The third-order valence-electron chi connectivity index (χ3n) is 2.70. The van der Waals surface area contributed by atoms with Crippen molar-refractivity contribution in [3.05, 3.63) is 47.7 Å². The zero-order valence-electron chi connectivity index (χ0n) is 10.4. The number of nitrogens with zero attached hydrogens (tertiary/aromatic N) is 2. The lowest BCUT2D eigenvalue weighted by Crippen LogP contribution is -2.33. The van der Waals surface area contributed by atoms with Crippen molar-refractivity contribution >= 4 is 11.7 Å². The first-order chi connectivity index (χ1) is 9.20. The van der Waals surface area contributed by atoms with Crippen molar-refractivity contribution in [2.75, 3.05) is 18.9 Å². The summed E-state index contributed by atoms with van der Waals surface area (Å²) in [5, 5.41) is 15.4. The van der Waals surface area contributed by atoms with E-state index in [2.05, 4.69) is 10.2 Å². The Balaban J connectivity index is 2.13. The quantitative estimate of drug-likeness (QED) is 0.734. The van der Waals surface area contributed by atoms with Crippen LogP contribution in [0.1, 0.15) is 16.1 Å². The van der Waals surface area contributed by atoms with E-state index in [0.29, 0.717) is 12.2 Å². The number of aliphatic hydroxyl groups excluding tert-OH is 1. The molecule has 1 heterocycles. The molecule has 0 radical (unpaired) electrons. The summed E-state index contributed by atoms with van der Waals surface area (Å²) in [6.07, 6.45) is 0. The van der Waals surface area contributed by atoms with Gasteiger partial charge in [0.2, 0.25) is 0 Å². The molecule has 2 aromatic rings. The SMILES string of the molecule is Nc1cc(C(=O)N(CCO)Cc2ccccc2)[nH]n1. The highest BCUT2D eigenvalue weighted by Gasteiger charge is 2.17. The lowest BCUT2D eigenvalue weighted by molar-refractivity contribution is 0.0702. The van der Waals surface area contributed by atoms with Crippen LogP contribution in [0.3, 0.4) is 0 Å². The highest BCUT2D eigenvalue weighted by atomic mass is 16.3. The van der Waals surface area contributed by atoms with Crippen molar-refractivity contribution in [1.82, 2.24) is 15.1 Å². The zero-order chi connectivity index (χ0) is 13.7. The van der Waals surface area contributed by atoms with E-state index in [-0.39, 0.29) is 24.9 Å². The van der Waals surface area contributed by atoms with Gasteiger partial charge in [-0.1, -0.05) is 30.3 Å². The lowest BCUT2D eigenvalue weighted by atomic mass is 10.2. The third-order valence-corrected chi connectivity index (χ3v) is 2.70. The summed E-state index contributed by atoms with van der Waals surface area (Å²) in [5.74, 6) is 0.0362. The number of aromatic nitrogens is 2. The number of aliphatic hydroxyl groups is 1. The maximum Gasteiger partial charge on any atom is 0.272 e. The first kappa shape index (κ1) is 13.1. The number of H-pyrrole nitrogens is 1. The topological polar surface area (TPSA) is 95.2 Å². The number of anilines is 1.